The maximum absolute atomic E-state index is 5.55. The van der Waals surface area contributed by atoms with Crippen LogP contribution in [-0.2, 0) is 0 Å². The van der Waals surface area contributed by atoms with Crippen molar-refractivity contribution in [3.63, 3.8) is 0 Å². The molecule has 0 radical (unpaired) electrons. The van der Waals surface area contributed by atoms with E-state index in [1.54, 1.807) is 0 Å². The highest BCUT2D eigenvalue weighted by Gasteiger charge is 1.85. The molecular formula is C8H15N. The predicted octanol–water partition coefficient (Wildman–Crippen LogP) is 2.21. The molecule has 0 aromatic rings. The molecule has 0 unspecified atom stereocenters. The van der Waals surface area contributed by atoms with Crippen LogP contribution >= 0.6 is 0 Å². The number of nitrogens with two attached hydrogens (primary N) is 1. The van der Waals surface area contributed by atoms with Gasteiger partial charge >= 0.3 is 0 Å². The van der Waals surface area contributed by atoms with Gasteiger partial charge in [-0.3, -0.25) is 0 Å². The van der Waals surface area contributed by atoms with Gasteiger partial charge in [-0.2, -0.15) is 0 Å². The van der Waals surface area contributed by atoms with Crippen molar-refractivity contribution in [1.29, 1.82) is 0 Å². The fraction of sp³-hybridized carbons (Fsp3) is 0.500. The van der Waals surface area contributed by atoms with E-state index < -0.39 is 0 Å². The van der Waals surface area contributed by atoms with Gasteiger partial charge in [0.25, 0.3) is 0 Å². The maximum atomic E-state index is 5.55. The first kappa shape index (κ1) is 8.28. The first-order chi connectivity index (χ1) is 4.20. The van der Waals surface area contributed by atoms with Gasteiger partial charge in [0.1, 0.15) is 0 Å². The molecule has 9 heavy (non-hydrogen) atoms. The summed E-state index contributed by atoms with van der Waals surface area (Å²) in [5.74, 6) is 0. The van der Waals surface area contributed by atoms with Gasteiger partial charge in [-0.1, -0.05) is 26.0 Å². The van der Waals surface area contributed by atoms with Crippen LogP contribution in [-0.4, -0.2) is 0 Å². The predicted molar refractivity (Wildman–Crippen MR) is 42.0 cm³/mol. The van der Waals surface area contributed by atoms with Crippen LogP contribution in [0.1, 0.15) is 26.7 Å². The van der Waals surface area contributed by atoms with Crippen molar-refractivity contribution in [3.05, 3.63) is 23.9 Å². The normalized spacial score (nSPS) is 11.6. The molecule has 0 rings (SSSR count). The first-order valence-corrected chi connectivity index (χ1v) is 3.34. The highest BCUT2D eigenvalue weighted by atomic mass is 14.6. The summed E-state index contributed by atoms with van der Waals surface area (Å²) < 4.78 is 0. The largest absolute Gasteiger partial charge is 0.402 e. The van der Waals surface area contributed by atoms with E-state index in [4.69, 9.17) is 5.73 Å². The molecule has 0 aliphatic heterocycles. The van der Waals surface area contributed by atoms with Crippen LogP contribution in [0.4, 0.5) is 0 Å². The summed E-state index contributed by atoms with van der Waals surface area (Å²) in [6, 6.07) is 0. The molecule has 0 saturated heterocycles. The van der Waals surface area contributed by atoms with Crippen LogP contribution in [0.3, 0.4) is 0 Å². The van der Waals surface area contributed by atoms with Gasteiger partial charge in [-0.25, -0.2) is 0 Å². The summed E-state index contributed by atoms with van der Waals surface area (Å²) >= 11 is 0. The molecule has 0 aliphatic carbocycles. The molecule has 0 heterocycles. The maximum Gasteiger partial charge on any atom is 0.00802 e. The van der Waals surface area contributed by atoms with Crippen molar-refractivity contribution in [3.8, 4) is 0 Å². The number of hydrogen-bond acceptors (Lipinski definition) is 1. The molecule has 1 heteroatoms. The highest BCUT2D eigenvalue weighted by molar-refractivity contribution is 5.17. The van der Waals surface area contributed by atoms with E-state index >= 15 is 0 Å². The molecule has 52 valence electrons. The SMILES string of the molecule is C=C(/C=C(/N)CC)CC. The first-order valence-electron chi connectivity index (χ1n) is 3.34. The summed E-state index contributed by atoms with van der Waals surface area (Å²) in [5.41, 5.74) is 7.57. The smallest absolute Gasteiger partial charge is 0.00802 e. The third-order valence-electron chi connectivity index (χ3n) is 1.25. The van der Waals surface area contributed by atoms with Crippen LogP contribution in [0.15, 0.2) is 23.9 Å². The Morgan fingerprint density at radius 2 is 2.00 bits per heavy atom. The molecule has 0 aromatic heterocycles. The lowest BCUT2D eigenvalue weighted by molar-refractivity contribution is 1.05. The number of rotatable bonds is 3. The van der Waals surface area contributed by atoms with E-state index in [0.29, 0.717) is 0 Å². The minimum atomic E-state index is 0.916. The van der Waals surface area contributed by atoms with Crippen molar-refractivity contribution in [2.75, 3.05) is 0 Å². The average Bonchev–Trinajstić information content (AvgIpc) is 1.87. The van der Waals surface area contributed by atoms with Gasteiger partial charge in [-0.15, -0.1) is 0 Å². The molecule has 0 fully saturated rings. The van der Waals surface area contributed by atoms with E-state index in [0.717, 1.165) is 24.1 Å². The van der Waals surface area contributed by atoms with E-state index in [1.165, 1.54) is 0 Å². The van der Waals surface area contributed by atoms with E-state index in [9.17, 15) is 0 Å². The topological polar surface area (TPSA) is 26.0 Å². The zero-order valence-corrected chi connectivity index (χ0v) is 6.28. The molecule has 0 saturated carbocycles. The van der Waals surface area contributed by atoms with E-state index in [2.05, 4.69) is 13.5 Å². The summed E-state index contributed by atoms with van der Waals surface area (Å²) in [4.78, 5) is 0. The Morgan fingerprint density at radius 1 is 1.44 bits per heavy atom. The van der Waals surface area contributed by atoms with Crippen molar-refractivity contribution in [2.24, 2.45) is 5.73 Å². The van der Waals surface area contributed by atoms with Gasteiger partial charge in [0.2, 0.25) is 0 Å². The van der Waals surface area contributed by atoms with Gasteiger partial charge in [0.15, 0.2) is 0 Å². The Labute approximate surface area is 57.3 Å². The number of allylic oxidation sites excluding steroid dienone is 3. The monoisotopic (exact) mass is 125 g/mol. The second kappa shape index (κ2) is 4.19. The second-order valence-corrected chi connectivity index (χ2v) is 2.08. The van der Waals surface area contributed by atoms with Gasteiger partial charge in [-0.05, 0) is 18.9 Å². The third kappa shape index (κ3) is 3.83. The van der Waals surface area contributed by atoms with E-state index in [-0.39, 0.29) is 0 Å². The fourth-order valence-electron chi connectivity index (χ4n) is 0.466. The summed E-state index contributed by atoms with van der Waals surface area (Å²) in [7, 11) is 0. The van der Waals surface area contributed by atoms with Crippen LogP contribution in [0.2, 0.25) is 0 Å². The fourth-order valence-corrected chi connectivity index (χ4v) is 0.466. The summed E-state index contributed by atoms with van der Waals surface area (Å²) in [6.07, 6.45) is 3.85. The molecule has 0 aromatic carbocycles. The molecule has 0 atom stereocenters. The highest BCUT2D eigenvalue weighted by Crippen LogP contribution is 2.01. The molecule has 2 N–H and O–H groups in total. The van der Waals surface area contributed by atoms with Crippen molar-refractivity contribution >= 4 is 0 Å². The Kier molecular flexibility index (Phi) is 3.85. The lowest BCUT2D eigenvalue weighted by atomic mass is 10.2. The van der Waals surface area contributed by atoms with E-state index in [1.807, 2.05) is 13.0 Å². The summed E-state index contributed by atoms with van der Waals surface area (Å²) in [6.45, 7) is 7.91. The van der Waals surface area contributed by atoms with Crippen LogP contribution in [0.5, 0.6) is 0 Å². The quantitative estimate of drug-likeness (QED) is 0.575. The lowest BCUT2D eigenvalue weighted by Gasteiger charge is -1.95. The van der Waals surface area contributed by atoms with Crippen molar-refractivity contribution in [2.45, 2.75) is 26.7 Å². The minimum Gasteiger partial charge on any atom is -0.402 e. The van der Waals surface area contributed by atoms with Gasteiger partial charge in [0, 0.05) is 5.70 Å². The van der Waals surface area contributed by atoms with Crippen molar-refractivity contribution in [1.82, 2.24) is 0 Å². The standard InChI is InChI=1S/C8H15N/c1-4-7(3)6-8(9)5-2/h6H,3-5,9H2,1-2H3/b8-6+. The molecule has 0 aliphatic rings. The molecular weight excluding hydrogens is 110 g/mol. The Morgan fingerprint density at radius 3 is 2.33 bits per heavy atom. The van der Waals surface area contributed by atoms with Crippen LogP contribution in [0, 0.1) is 0 Å². The molecule has 1 nitrogen and oxygen atoms in total. The molecule has 0 bridgehead atoms. The van der Waals surface area contributed by atoms with Crippen molar-refractivity contribution < 1.29 is 0 Å². The molecule has 0 amide bonds. The Balaban J connectivity index is 3.79. The Hall–Kier alpha value is -0.720. The lowest BCUT2D eigenvalue weighted by Crippen LogP contribution is -1.94. The van der Waals surface area contributed by atoms with Gasteiger partial charge in [0.05, 0.1) is 0 Å². The number of hydrogen-bond donors (Lipinski definition) is 1. The zero-order chi connectivity index (χ0) is 7.28. The minimum absolute atomic E-state index is 0.916. The zero-order valence-electron chi connectivity index (χ0n) is 6.28. The molecule has 0 spiro atoms. The van der Waals surface area contributed by atoms with Crippen LogP contribution < -0.4 is 5.73 Å². The second-order valence-electron chi connectivity index (χ2n) is 2.08. The third-order valence-corrected chi connectivity index (χ3v) is 1.25. The Bertz CT molecular complexity index is 123. The average molecular weight is 125 g/mol. The summed E-state index contributed by atoms with van der Waals surface area (Å²) in [5, 5.41) is 0. The van der Waals surface area contributed by atoms with Crippen LogP contribution in [0.25, 0.3) is 0 Å². The van der Waals surface area contributed by atoms with Gasteiger partial charge < -0.3 is 5.73 Å².